The molecular weight excluding hydrogens is 548 g/mol. The maximum Gasteiger partial charge on any atom is 0.435 e. The van der Waals surface area contributed by atoms with Crippen molar-refractivity contribution in [2.75, 3.05) is 16.1 Å². The lowest BCUT2D eigenvalue weighted by Gasteiger charge is -2.21. The second-order valence-corrected chi connectivity index (χ2v) is 9.70. The molecule has 0 saturated heterocycles. The summed E-state index contributed by atoms with van der Waals surface area (Å²) < 4.78 is 63.3. The van der Waals surface area contributed by atoms with E-state index in [1.807, 2.05) is 10.3 Å². The Labute approximate surface area is 214 Å². The maximum absolute atomic E-state index is 13.3. The molecule has 1 aromatic carbocycles. The van der Waals surface area contributed by atoms with E-state index in [2.05, 4.69) is 22.0 Å². The van der Waals surface area contributed by atoms with E-state index >= 15 is 0 Å². The number of alkyl halides is 3. The fourth-order valence-electron chi connectivity index (χ4n) is 2.55. The summed E-state index contributed by atoms with van der Waals surface area (Å²) in [4.78, 5) is 31.5. The number of rotatable bonds is 8. The zero-order valence-corrected chi connectivity index (χ0v) is 21.0. The van der Waals surface area contributed by atoms with Crippen LogP contribution in [0.25, 0.3) is 0 Å². The number of sulfonamides is 1. The summed E-state index contributed by atoms with van der Waals surface area (Å²) in [6, 6.07) is 3.84. The molecule has 0 bridgehead atoms. The van der Waals surface area contributed by atoms with Crippen molar-refractivity contribution < 1.29 is 31.2 Å². The third-order valence-corrected chi connectivity index (χ3v) is 5.99. The highest BCUT2D eigenvalue weighted by atomic mass is 35.5. The van der Waals surface area contributed by atoms with Crippen LogP contribution in [0.4, 0.5) is 29.5 Å². The number of carbonyl (C=O) groups excluding carboxylic acids is 2. The highest BCUT2D eigenvalue weighted by molar-refractivity contribution is 7.89. The summed E-state index contributed by atoms with van der Waals surface area (Å²) in [6.07, 6.45) is -3.41. The molecule has 0 radical (unpaired) electrons. The highest BCUT2D eigenvalue weighted by Gasteiger charge is 2.36. The molecule has 1 aromatic heterocycles. The predicted molar refractivity (Wildman–Crippen MR) is 131 cm³/mol. The monoisotopic (exact) mass is 566 g/mol. The second kappa shape index (κ2) is 11.7. The summed E-state index contributed by atoms with van der Waals surface area (Å²) in [6.45, 7) is 5.84. The van der Waals surface area contributed by atoms with Crippen molar-refractivity contribution in [1.29, 1.82) is 0 Å². The first kappa shape index (κ1) is 29.0. The van der Waals surface area contributed by atoms with Gasteiger partial charge in [-0.3, -0.25) is 10.2 Å². The van der Waals surface area contributed by atoms with Crippen LogP contribution in [0.2, 0.25) is 10.0 Å². The summed E-state index contributed by atoms with van der Waals surface area (Å²) in [5.74, 6) is -1.80. The van der Waals surface area contributed by atoms with E-state index in [1.54, 1.807) is 0 Å². The number of urea groups is 1. The largest absolute Gasteiger partial charge is 0.435 e. The van der Waals surface area contributed by atoms with Crippen molar-refractivity contribution in [3.63, 3.8) is 0 Å². The molecule has 0 fully saturated rings. The van der Waals surface area contributed by atoms with E-state index < -0.39 is 39.7 Å². The van der Waals surface area contributed by atoms with E-state index in [4.69, 9.17) is 23.2 Å². The van der Waals surface area contributed by atoms with Crippen molar-refractivity contribution in [2.45, 2.75) is 20.0 Å². The van der Waals surface area contributed by atoms with Crippen LogP contribution < -0.4 is 20.6 Å². The van der Waals surface area contributed by atoms with Gasteiger partial charge in [0.15, 0.2) is 11.5 Å². The molecule has 2 aromatic rings. The Hall–Kier alpha value is -3.20. The topological polar surface area (TPSA) is 133 Å². The zero-order chi connectivity index (χ0) is 27.3. The van der Waals surface area contributed by atoms with E-state index in [9.17, 15) is 31.2 Å². The number of hydrazone groups is 1. The molecule has 0 aliphatic heterocycles. The molecule has 36 heavy (non-hydrogen) atoms. The normalized spacial score (nSPS) is 12.1. The number of nitrogens with zero attached hydrogens (tertiary/aromatic N) is 3. The number of aryl methyl sites for hydroxylation is 1. The van der Waals surface area contributed by atoms with Crippen molar-refractivity contribution in [3.8, 4) is 0 Å². The predicted octanol–water partition coefficient (Wildman–Crippen LogP) is 4.42. The lowest BCUT2D eigenvalue weighted by atomic mass is 10.1. The minimum Gasteiger partial charge on any atom is -0.305 e. The molecule has 0 aliphatic carbocycles. The average Bonchev–Trinajstić information content (AvgIpc) is 2.79. The van der Waals surface area contributed by atoms with E-state index in [1.165, 1.54) is 38.2 Å². The van der Waals surface area contributed by atoms with Crippen LogP contribution in [0.3, 0.4) is 0 Å². The first-order valence-corrected chi connectivity index (χ1v) is 12.2. The van der Waals surface area contributed by atoms with Crippen molar-refractivity contribution in [1.82, 2.24) is 15.2 Å². The standard InChI is InChI=1S/C20H19Cl2F3N6O4S/c1-4-15(20(23,24)25)29-31(17-14(22)7-6-8-26-17)19(33)27-16-11(3)9-12(21)10-13(16)18(32)28-30-36(34,35)5-2/h4,6-10,30H,1,5H2,2-3H3,(H,27,33)(H,28,32)/b29-15+. The van der Waals surface area contributed by atoms with Gasteiger partial charge in [-0.05, 0) is 49.8 Å². The van der Waals surface area contributed by atoms with Gasteiger partial charge < -0.3 is 5.32 Å². The molecule has 194 valence electrons. The van der Waals surface area contributed by atoms with Gasteiger partial charge in [-0.1, -0.05) is 29.8 Å². The van der Waals surface area contributed by atoms with Crippen LogP contribution in [0.5, 0.6) is 0 Å². The number of hydrazine groups is 1. The molecule has 0 aliphatic rings. The fraction of sp³-hybridized carbons (Fsp3) is 0.200. The van der Waals surface area contributed by atoms with Gasteiger partial charge in [0.1, 0.15) is 0 Å². The third-order valence-electron chi connectivity index (χ3n) is 4.30. The fourth-order valence-corrected chi connectivity index (χ4v) is 3.42. The highest BCUT2D eigenvalue weighted by Crippen LogP contribution is 2.29. The van der Waals surface area contributed by atoms with Gasteiger partial charge in [0, 0.05) is 11.2 Å². The molecule has 3 amide bonds. The lowest BCUT2D eigenvalue weighted by Crippen LogP contribution is -2.43. The van der Waals surface area contributed by atoms with Crippen LogP contribution in [0.1, 0.15) is 22.8 Å². The summed E-state index contributed by atoms with van der Waals surface area (Å²) in [5, 5.41) is 5.72. The number of hydrogen-bond donors (Lipinski definition) is 3. The molecule has 1 heterocycles. The Bertz CT molecular complexity index is 1320. The van der Waals surface area contributed by atoms with Gasteiger partial charge in [-0.2, -0.15) is 23.3 Å². The van der Waals surface area contributed by atoms with Gasteiger partial charge in [0.05, 0.1) is 22.0 Å². The maximum atomic E-state index is 13.3. The second-order valence-electron chi connectivity index (χ2n) is 6.84. The van der Waals surface area contributed by atoms with Crippen LogP contribution >= 0.6 is 23.2 Å². The summed E-state index contributed by atoms with van der Waals surface area (Å²) in [7, 11) is -3.83. The number of carbonyl (C=O) groups is 2. The van der Waals surface area contributed by atoms with Gasteiger partial charge in [-0.25, -0.2) is 18.2 Å². The summed E-state index contributed by atoms with van der Waals surface area (Å²) in [5.41, 5.74) is 0.155. The van der Waals surface area contributed by atoms with Crippen LogP contribution in [0, 0.1) is 6.92 Å². The number of halogens is 5. The Kier molecular flexibility index (Phi) is 9.43. The number of benzene rings is 1. The molecule has 16 heteroatoms. The van der Waals surface area contributed by atoms with Gasteiger partial charge in [0.2, 0.25) is 10.0 Å². The van der Waals surface area contributed by atoms with Crippen LogP contribution in [0.15, 0.2) is 48.2 Å². The van der Waals surface area contributed by atoms with Crippen molar-refractivity contribution >= 4 is 62.4 Å². The quantitative estimate of drug-likeness (QED) is 0.321. The number of hydrogen-bond acceptors (Lipinski definition) is 6. The first-order chi connectivity index (χ1) is 16.7. The van der Waals surface area contributed by atoms with Gasteiger partial charge >= 0.3 is 12.2 Å². The van der Waals surface area contributed by atoms with Gasteiger partial charge in [0.25, 0.3) is 5.91 Å². The molecule has 3 N–H and O–H groups in total. The Morgan fingerprint density at radius 2 is 1.94 bits per heavy atom. The number of allylic oxidation sites excluding steroid dienone is 1. The molecule has 0 atom stereocenters. The molecular formula is C20H19Cl2F3N6O4S. The van der Waals surface area contributed by atoms with Crippen molar-refractivity contribution in [2.24, 2.45) is 5.10 Å². The molecule has 10 nitrogen and oxygen atoms in total. The molecule has 2 rings (SSSR count). The minimum absolute atomic E-state index is 0.0580. The Morgan fingerprint density at radius 3 is 2.50 bits per heavy atom. The van der Waals surface area contributed by atoms with Crippen LogP contribution in [-0.4, -0.2) is 43.0 Å². The number of amides is 3. The lowest BCUT2D eigenvalue weighted by molar-refractivity contribution is -0.0578. The summed E-state index contributed by atoms with van der Waals surface area (Å²) >= 11 is 12.0. The number of pyridine rings is 1. The van der Waals surface area contributed by atoms with E-state index in [-0.39, 0.29) is 37.6 Å². The van der Waals surface area contributed by atoms with Crippen molar-refractivity contribution in [3.05, 3.63) is 64.3 Å². The van der Waals surface area contributed by atoms with Crippen LogP contribution in [-0.2, 0) is 10.0 Å². The average molecular weight is 567 g/mol. The number of nitrogens with one attached hydrogen (secondary N) is 3. The molecule has 0 unspecified atom stereocenters. The zero-order valence-electron chi connectivity index (χ0n) is 18.7. The smallest absolute Gasteiger partial charge is 0.305 e. The molecule has 0 saturated carbocycles. The third kappa shape index (κ3) is 7.40. The number of anilines is 2. The minimum atomic E-state index is -4.97. The Morgan fingerprint density at radius 1 is 1.28 bits per heavy atom. The molecule has 0 spiro atoms. The SMILES string of the molecule is C=C/C(=N\N(C(=O)Nc1c(C)cc(Cl)cc1C(=O)NNS(=O)(=O)CC)c1ncccc1Cl)C(F)(F)F. The van der Waals surface area contributed by atoms with Gasteiger partial charge in [-0.15, -0.1) is 4.83 Å². The van der Waals surface area contributed by atoms with E-state index in [0.717, 1.165) is 6.07 Å². The van der Waals surface area contributed by atoms with E-state index in [0.29, 0.717) is 6.08 Å². The number of aromatic nitrogens is 1. The Balaban J connectivity index is 2.56. The first-order valence-electron chi connectivity index (χ1n) is 9.80.